The summed E-state index contributed by atoms with van der Waals surface area (Å²) in [6, 6.07) is 0. The summed E-state index contributed by atoms with van der Waals surface area (Å²) in [6.07, 6.45) is 16.5. The van der Waals surface area contributed by atoms with E-state index >= 15 is 0 Å². The molecule has 0 bridgehead atoms. The summed E-state index contributed by atoms with van der Waals surface area (Å²) in [5.41, 5.74) is 3.09. The highest BCUT2D eigenvalue weighted by Gasteiger charge is 2.14. The number of aromatic amines is 1. The Morgan fingerprint density at radius 1 is 1.46 bits per heavy atom. The van der Waals surface area contributed by atoms with Gasteiger partial charge in [-0.25, -0.2) is 4.98 Å². The van der Waals surface area contributed by atoms with Gasteiger partial charge in [0.2, 0.25) is 0 Å². The van der Waals surface area contributed by atoms with Crippen molar-refractivity contribution in [3.05, 3.63) is 65.8 Å². The number of halogens is 1. The van der Waals surface area contributed by atoms with E-state index in [1.54, 1.807) is 0 Å². The van der Waals surface area contributed by atoms with Gasteiger partial charge >= 0.3 is 0 Å². The van der Waals surface area contributed by atoms with Gasteiger partial charge in [0.05, 0.1) is 17.9 Å². The molecule has 0 spiro atoms. The normalized spacial score (nSPS) is 21.1. The minimum Gasteiger partial charge on any atom is -0.349 e. The van der Waals surface area contributed by atoms with Crippen molar-refractivity contribution in [2.45, 2.75) is 11.8 Å². The number of carbonyl (C=O) groups is 1. The van der Waals surface area contributed by atoms with Gasteiger partial charge in [0.15, 0.2) is 0 Å². The van der Waals surface area contributed by atoms with Crippen LogP contribution in [0.15, 0.2) is 60.1 Å². The molecular formula is C18H21ClN4O. The molecule has 0 fully saturated rings. The Morgan fingerprint density at radius 3 is 3.12 bits per heavy atom. The molecule has 1 atom stereocenters. The monoisotopic (exact) mass is 344 g/mol. The lowest BCUT2D eigenvalue weighted by Gasteiger charge is -2.26. The SMILES string of the molecule is O=C(NCCN1CC=C(C2=CC=CC(Cl)C=C2)CC1)c1cnc[nH]1. The Bertz CT molecular complexity index is 688. The Kier molecular flexibility index (Phi) is 5.67. The number of imidazole rings is 1. The molecule has 0 aromatic carbocycles. The first-order valence-electron chi connectivity index (χ1n) is 8.11. The standard InChI is InChI=1S/C18H21ClN4O/c19-16-3-1-2-14(4-5-16)15-6-9-23(10-7-15)11-8-21-18(24)17-12-20-13-22-17/h1-6,12-13,16H,7-11H2,(H,20,22)(H,21,24). The van der Waals surface area contributed by atoms with Gasteiger partial charge in [-0.2, -0.15) is 0 Å². The maximum atomic E-state index is 11.8. The fourth-order valence-corrected chi connectivity index (χ4v) is 2.93. The van der Waals surface area contributed by atoms with E-state index in [9.17, 15) is 4.79 Å². The molecule has 6 heteroatoms. The Balaban J connectivity index is 1.45. The van der Waals surface area contributed by atoms with Crippen LogP contribution in [0.25, 0.3) is 0 Å². The van der Waals surface area contributed by atoms with Crippen molar-refractivity contribution in [3.8, 4) is 0 Å². The number of H-pyrrole nitrogens is 1. The molecule has 126 valence electrons. The topological polar surface area (TPSA) is 61.0 Å². The first-order chi connectivity index (χ1) is 11.7. The number of hydrogen-bond acceptors (Lipinski definition) is 3. The summed E-state index contributed by atoms with van der Waals surface area (Å²) >= 11 is 6.09. The molecule has 0 saturated carbocycles. The molecule has 1 aliphatic heterocycles. The van der Waals surface area contributed by atoms with Gasteiger partial charge < -0.3 is 10.3 Å². The van der Waals surface area contributed by atoms with Gasteiger partial charge in [0.1, 0.15) is 5.69 Å². The first kappa shape index (κ1) is 16.7. The number of nitrogens with one attached hydrogen (secondary N) is 2. The number of rotatable bonds is 5. The Hall–Kier alpha value is -2.11. The highest BCUT2D eigenvalue weighted by atomic mass is 35.5. The number of alkyl halides is 1. The zero-order chi connectivity index (χ0) is 16.8. The van der Waals surface area contributed by atoms with E-state index in [2.05, 4.69) is 38.4 Å². The van der Waals surface area contributed by atoms with Crippen molar-refractivity contribution >= 4 is 17.5 Å². The lowest BCUT2D eigenvalue weighted by atomic mass is 9.99. The van der Waals surface area contributed by atoms with Crippen LogP contribution in [0.5, 0.6) is 0 Å². The first-order valence-corrected chi connectivity index (χ1v) is 8.55. The zero-order valence-electron chi connectivity index (χ0n) is 13.4. The van der Waals surface area contributed by atoms with Gasteiger partial charge in [-0.05, 0) is 17.6 Å². The average molecular weight is 345 g/mol. The lowest BCUT2D eigenvalue weighted by Crippen LogP contribution is -2.37. The number of hydrogen-bond donors (Lipinski definition) is 2. The third kappa shape index (κ3) is 4.46. The molecule has 24 heavy (non-hydrogen) atoms. The minimum atomic E-state index is -0.114. The maximum absolute atomic E-state index is 11.8. The van der Waals surface area contributed by atoms with Crippen LogP contribution < -0.4 is 5.32 Å². The van der Waals surface area contributed by atoms with Crippen LogP contribution in [-0.4, -0.2) is 52.3 Å². The molecule has 1 aliphatic carbocycles. The van der Waals surface area contributed by atoms with Gasteiger partial charge in [-0.1, -0.05) is 36.5 Å². The van der Waals surface area contributed by atoms with Gasteiger partial charge in [-0.3, -0.25) is 9.69 Å². The number of carbonyl (C=O) groups excluding carboxylic acids is 1. The molecule has 2 heterocycles. The van der Waals surface area contributed by atoms with E-state index in [-0.39, 0.29) is 11.3 Å². The summed E-state index contributed by atoms with van der Waals surface area (Å²) in [6.45, 7) is 3.35. The van der Waals surface area contributed by atoms with E-state index in [1.807, 2.05) is 18.2 Å². The van der Waals surface area contributed by atoms with E-state index in [1.165, 1.54) is 23.7 Å². The summed E-state index contributed by atoms with van der Waals surface area (Å²) in [5, 5.41) is 2.87. The highest BCUT2D eigenvalue weighted by molar-refractivity contribution is 6.23. The molecule has 2 N–H and O–H groups in total. The largest absolute Gasteiger partial charge is 0.349 e. The zero-order valence-corrected chi connectivity index (χ0v) is 14.2. The molecular weight excluding hydrogens is 324 g/mol. The predicted octanol–water partition coefficient (Wildman–Crippen LogP) is 2.43. The number of aromatic nitrogens is 2. The van der Waals surface area contributed by atoms with Gasteiger partial charge in [0.25, 0.3) is 5.91 Å². The second kappa shape index (κ2) is 8.13. The van der Waals surface area contributed by atoms with Crippen LogP contribution in [0.2, 0.25) is 0 Å². The summed E-state index contributed by atoms with van der Waals surface area (Å²) in [5.74, 6) is -0.114. The number of amides is 1. The van der Waals surface area contributed by atoms with Crippen molar-refractivity contribution in [1.29, 1.82) is 0 Å². The van der Waals surface area contributed by atoms with E-state index in [4.69, 9.17) is 11.6 Å². The van der Waals surface area contributed by atoms with Crippen LogP contribution in [-0.2, 0) is 0 Å². The Labute approximate surface area is 146 Å². The lowest BCUT2D eigenvalue weighted by molar-refractivity contribution is 0.0944. The third-order valence-corrected chi connectivity index (χ3v) is 4.44. The summed E-state index contributed by atoms with van der Waals surface area (Å²) < 4.78 is 0. The summed E-state index contributed by atoms with van der Waals surface area (Å²) in [4.78, 5) is 20.8. The van der Waals surface area contributed by atoms with Gasteiger partial charge in [0, 0.05) is 26.2 Å². The van der Waals surface area contributed by atoms with Crippen LogP contribution in [0.4, 0.5) is 0 Å². The van der Waals surface area contributed by atoms with Crippen molar-refractivity contribution in [1.82, 2.24) is 20.2 Å². The molecule has 2 aliphatic rings. The molecule has 1 aromatic rings. The molecule has 1 amide bonds. The van der Waals surface area contributed by atoms with Crippen molar-refractivity contribution < 1.29 is 4.79 Å². The molecule has 0 saturated heterocycles. The van der Waals surface area contributed by atoms with Crippen LogP contribution in [0.3, 0.4) is 0 Å². The smallest absolute Gasteiger partial charge is 0.269 e. The molecule has 5 nitrogen and oxygen atoms in total. The highest BCUT2D eigenvalue weighted by Crippen LogP contribution is 2.22. The minimum absolute atomic E-state index is 0.0297. The molecule has 1 aromatic heterocycles. The summed E-state index contributed by atoms with van der Waals surface area (Å²) in [7, 11) is 0. The quantitative estimate of drug-likeness (QED) is 0.806. The number of allylic oxidation sites excluding steroid dienone is 6. The van der Waals surface area contributed by atoms with Crippen LogP contribution in [0.1, 0.15) is 16.9 Å². The van der Waals surface area contributed by atoms with Gasteiger partial charge in [-0.15, -0.1) is 11.6 Å². The molecule has 0 radical (unpaired) electrons. The van der Waals surface area contributed by atoms with Crippen molar-refractivity contribution in [3.63, 3.8) is 0 Å². The van der Waals surface area contributed by atoms with E-state index in [0.717, 1.165) is 26.1 Å². The molecule has 1 unspecified atom stereocenters. The fraction of sp³-hybridized carbons (Fsp3) is 0.333. The average Bonchev–Trinajstić information content (AvgIpc) is 3.05. The van der Waals surface area contributed by atoms with Crippen molar-refractivity contribution in [2.75, 3.05) is 26.2 Å². The predicted molar refractivity (Wildman–Crippen MR) is 96.1 cm³/mol. The maximum Gasteiger partial charge on any atom is 0.269 e. The van der Waals surface area contributed by atoms with E-state index < -0.39 is 0 Å². The Morgan fingerprint density at radius 2 is 2.38 bits per heavy atom. The third-order valence-electron chi connectivity index (χ3n) is 4.15. The fourth-order valence-electron chi connectivity index (χ4n) is 2.77. The second-order valence-electron chi connectivity index (χ2n) is 5.81. The number of nitrogens with zero attached hydrogens (tertiary/aromatic N) is 2. The molecule has 3 rings (SSSR count). The van der Waals surface area contributed by atoms with Crippen LogP contribution >= 0.6 is 11.6 Å². The van der Waals surface area contributed by atoms with E-state index in [0.29, 0.717) is 12.2 Å². The van der Waals surface area contributed by atoms with Crippen LogP contribution in [0, 0.1) is 0 Å². The second-order valence-corrected chi connectivity index (χ2v) is 6.32. The van der Waals surface area contributed by atoms with Crippen molar-refractivity contribution in [2.24, 2.45) is 0 Å².